The summed E-state index contributed by atoms with van der Waals surface area (Å²) in [7, 11) is -4.02. The number of nitrogens with one attached hydrogen (secondary N) is 1. The topological polar surface area (TPSA) is 88.6 Å². The van der Waals surface area contributed by atoms with E-state index in [9.17, 15) is 17.6 Å². The van der Waals surface area contributed by atoms with Gasteiger partial charge in [0.15, 0.2) is 0 Å². The van der Waals surface area contributed by atoms with E-state index in [4.69, 9.17) is 4.74 Å². The van der Waals surface area contributed by atoms with E-state index in [1.165, 1.54) is 21.7 Å². The van der Waals surface area contributed by atoms with E-state index in [0.29, 0.717) is 5.69 Å². The fraction of sp³-hybridized carbons (Fsp3) is 0.273. The van der Waals surface area contributed by atoms with Gasteiger partial charge in [-0.25, -0.2) is 17.8 Å². The Morgan fingerprint density at radius 2 is 1.91 bits per heavy atom. The number of anilines is 1. The summed E-state index contributed by atoms with van der Waals surface area (Å²) in [4.78, 5) is 16.5. The number of sulfonamides is 1. The minimum atomic E-state index is -4.02. The maximum atomic E-state index is 14.3. The molecule has 1 N–H and O–H groups in total. The number of aryl methyl sites for hydroxylation is 1. The van der Waals surface area contributed by atoms with Crippen molar-refractivity contribution >= 4 is 33.0 Å². The molecule has 1 amide bonds. The average molecular weight is 476 g/mol. The number of rotatable bonds is 6. The van der Waals surface area contributed by atoms with E-state index in [2.05, 4.69) is 10.3 Å². The second-order valence-corrected chi connectivity index (χ2v) is 10.2. The Hall–Kier alpha value is -2.66. The fourth-order valence-electron chi connectivity index (χ4n) is 3.29. The lowest BCUT2D eigenvalue weighted by molar-refractivity contribution is -0.115. The summed E-state index contributed by atoms with van der Waals surface area (Å²) in [5, 5.41) is 5.27. The number of benzene rings is 2. The predicted molar refractivity (Wildman–Crippen MR) is 121 cm³/mol. The third-order valence-electron chi connectivity index (χ3n) is 4.99. The molecule has 1 aromatic heterocycles. The molecule has 0 radical (unpaired) electrons. The quantitative estimate of drug-likeness (QED) is 0.590. The van der Waals surface area contributed by atoms with Crippen LogP contribution in [0.15, 0.2) is 52.7 Å². The molecule has 4 rings (SSSR count). The normalized spacial score (nSPS) is 14.9. The van der Waals surface area contributed by atoms with E-state index < -0.39 is 20.7 Å². The molecule has 2 heterocycles. The van der Waals surface area contributed by atoms with Crippen molar-refractivity contribution in [1.82, 2.24) is 9.29 Å². The highest BCUT2D eigenvalue weighted by Gasteiger charge is 2.29. The van der Waals surface area contributed by atoms with E-state index in [0.717, 1.165) is 28.3 Å². The van der Waals surface area contributed by atoms with Gasteiger partial charge in [0.25, 0.3) is 0 Å². The van der Waals surface area contributed by atoms with Crippen LogP contribution < -0.4 is 5.32 Å². The molecule has 3 aromatic rings. The van der Waals surface area contributed by atoms with E-state index >= 15 is 0 Å². The van der Waals surface area contributed by atoms with Crippen molar-refractivity contribution in [3.05, 3.63) is 64.9 Å². The molecule has 0 aliphatic carbocycles. The Balaban J connectivity index is 1.46. The summed E-state index contributed by atoms with van der Waals surface area (Å²) >= 11 is 1.44. The summed E-state index contributed by atoms with van der Waals surface area (Å²) in [6.07, 6.45) is 0.0191. The lowest BCUT2D eigenvalue weighted by atomic mass is 10.2. The lowest BCUT2D eigenvalue weighted by Crippen LogP contribution is -2.40. The van der Waals surface area contributed by atoms with E-state index in [1.54, 1.807) is 0 Å². The number of thiazole rings is 1. The minimum Gasteiger partial charge on any atom is -0.379 e. The smallest absolute Gasteiger partial charge is 0.246 e. The van der Waals surface area contributed by atoms with Crippen molar-refractivity contribution in [2.75, 3.05) is 31.6 Å². The fourth-order valence-corrected chi connectivity index (χ4v) is 5.62. The van der Waals surface area contributed by atoms with Gasteiger partial charge in [0.2, 0.25) is 15.9 Å². The van der Waals surface area contributed by atoms with Gasteiger partial charge in [-0.2, -0.15) is 4.31 Å². The third kappa shape index (κ3) is 5.04. The molecule has 32 heavy (non-hydrogen) atoms. The van der Waals surface area contributed by atoms with Gasteiger partial charge < -0.3 is 10.1 Å². The number of nitrogens with zero attached hydrogens (tertiary/aromatic N) is 2. The molecule has 1 aliphatic heterocycles. The van der Waals surface area contributed by atoms with Crippen LogP contribution in [0.25, 0.3) is 10.6 Å². The molecular formula is C22H22FN3O4S2. The van der Waals surface area contributed by atoms with Crippen molar-refractivity contribution in [3.63, 3.8) is 0 Å². The number of amides is 1. The molecule has 0 bridgehead atoms. The molecule has 10 heteroatoms. The largest absolute Gasteiger partial charge is 0.379 e. The van der Waals surface area contributed by atoms with Crippen LogP contribution in [-0.2, 0) is 26.0 Å². The summed E-state index contributed by atoms with van der Waals surface area (Å²) in [6.45, 7) is 2.84. The number of halogens is 1. The van der Waals surface area contributed by atoms with Gasteiger partial charge >= 0.3 is 0 Å². The first-order chi connectivity index (χ1) is 15.3. The molecule has 2 aromatic carbocycles. The van der Waals surface area contributed by atoms with Crippen molar-refractivity contribution < 1.29 is 22.3 Å². The molecule has 0 saturated carbocycles. The van der Waals surface area contributed by atoms with Gasteiger partial charge in [0, 0.05) is 29.7 Å². The van der Waals surface area contributed by atoms with Crippen LogP contribution in [0.1, 0.15) is 11.3 Å². The highest BCUT2D eigenvalue weighted by Crippen LogP contribution is 2.26. The minimum absolute atomic E-state index is 0.0191. The lowest BCUT2D eigenvalue weighted by Gasteiger charge is -2.26. The van der Waals surface area contributed by atoms with Crippen LogP contribution in [0.2, 0.25) is 0 Å². The van der Waals surface area contributed by atoms with Gasteiger partial charge in [-0.1, -0.05) is 29.8 Å². The summed E-state index contributed by atoms with van der Waals surface area (Å²) < 4.78 is 46.3. The number of carbonyl (C=O) groups is 1. The summed E-state index contributed by atoms with van der Waals surface area (Å²) in [5.41, 5.74) is 2.94. The maximum Gasteiger partial charge on any atom is 0.246 e. The second-order valence-electron chi connectivity index (χ2n) is 7.40. The zero-order valence-electron chi connectivity index (χ0n) is 17.4. The van der Waals surface area contributed by atoms with Crippen molar-refractivity contribution in [3.8, 4) is 10.6 Å². The van der Waals surface area contributed by atoms with Crippen molar-refractivity contribution in [1.29, 1.82) is 0 Å². The standard InChI is InChI=1S/C22H22FN3O4S2/c1-15-2-4-16(5-3-15)22-25-18(14-31-22)13-21(27)24-17-6-7-19(23)20(12-17)32(28,29)26-8-10-30-11-9-26/h2-7,12,14H,8-11,13H2,1H3,(H,24,27). The highest BCUT2D eigenvalue weighted by molar-refractivity contribution is 7.89. The number of carbonyl (C=O) groups excluding carboxylic acids is 1. The average Bonchev–Trinajstić information content (AvgIpc) is 3.24. The van der Waals surface area contributed by atoms with E-state index in [-0.39, 0.29) is 44.3 Å². The number of morpholine rings is 1. The zero-order valence-corrected chi connectivity index (χ0v) is 19.0. The second kappa shape index (κ2) is 9.45. The van der Waals surface area contributed by atoms with Crippen LogP contribution in [0.4, 0.5) is 10.1 Å². The van der Waals surface area contributed by atoms with Crippen LogP contribution in [0.3, 0.4) is 0 Å². The van der Waals surface area contributed by atoms with Crippen molar-refractivity contribution in [2.24, 2.45) is 0 Å². The molecule has 7 nitrogen and oxygen atoms in total. The molecule has 0 spiro atoms. The van der Waals surface area contributed by atoms with Crippen LogP contribution in [0, 0.1) is 12.7 Å². The first-order valence-electron chi connectivity index (χ1n) is 10.0. The van der Waals surface area contributed by atoms with Crippen LogP contribution in [0.5, 0.6) is 0 Å². The van der Waals surface area contributed by atoms with Crippen molar-refractivity contribution in [2.45, 2.75) is 18.2 Å². The van der Waals surface area contributed by atoms with Gasteiger partial charge in [0.05, 0.1) is 25.3 Å². The van der Waals surface area contributed by atoms with Crippen LogP contribution in [-0.4, -0.2) is 49.9 Å². The number of hydrogen-bond acceptors (Lipinski definition) is 6. The molecular weight excluding hydrogens is 453 g/mol. The number of hydrogen-bond donors (Lipinski definition) is 1. The first-order valence-corrected chi connectivity index (χ1v) is 12.3. The number of aromatic nitrogens is 1. The molecule has 1 aliphatic rings. The van der Waals surface area contributed by atoms with Crippen LogP contribution >= 0.6 is 11.3 Å². The Bertz CT molecular complexity index is 1220. The number of ether oxygens (including phenoxy) is 1. The van der Waals surface area contributed by atoms with E-state index in [1.807, 2.05) is 36.6 Å². The summed E-state index contributed by atoms with van der Waals surface area (Å²) in [5.74, 6) is -1.23. The van der Waals surface area contributed by atoms with Gasteiger partial charge in [-0.15, -0.1) is 11.3 Å². The molecule has 0 atom stereocenters. The molecule has 168 valence electrons. The SMILES string of the molecule is Cc1ccc(-c2nc(CC(=O)Nc3ccc(F)c(S(=O)(=O)N4CCOCC4)c3)cs2)cc1. The van der Waals surface area contributed by atoms with Gasteiger partial charge in [-0.3, -0.25) is 4.79 Å². The molecule has 1 fully saturated rings. The van der Waals surface area contributed by atoms with Gasteiger partial charge in [-0.05, 0) is 25.1 Å². The highest BCUT2D eigenvalue weighted by atomic mass is 32.2. The zero-order chi connectivity index (χ0) is 22.7. The Kier molecular flexibility index (Phi) is 6.66. The Morgan fingerprint density at radius 3 is 2.62 bits per heavy atom. The maximum absolute atomic E-state index is 14.3. The first kappa shape index (κ1) is 22.5. The van der Waals surface area contributed by atoms with Gasteiger partial charge in [0.1, 0.15) is 15.7 Å². The Morgan fingerprint density at radius 1 is 1.19 bits per heavy atom. The monoisotopic (exact) mass is 475 g/mol. The molecule has 0 unspecified atom stereocenters. The molecule has 1 saturated heterocycles. The predicted octanol–water partition coefficient (Wildman–Crippen LogP) is 3.46. The third-order valence-corrected chi connectivity index (χ3v) is 7.85. The summed E-state index contributed by atoms with van der Waals surface area (Å²) in [6, 6.07) is 11.5. The Labute approximate surface area is 189 Å².